The molecule has 3 nitrogen and oxygen atoms in total. The van der Waals surface area contributed by atoms with E-state index < -0.39 is 39.8 Å². The monoisotopic (exact) mass is 483 g/mol. The Morgan fingerprint density at radius 3 is 2.16 bits per heavy atom. The van der Waals surface area contributed by atoms with E-state index in [9.17, 15) is 28.3 Å². The fraction of sp³-hybridized carbons (Fsp3) is 0.333. The number of alkyl halides is 3. The summed E-state index contributed by atoms with van der Waals surface area (Å²) in [7, 11) is 0. The van der Waals surface area contributed by atoms with Gasteiger partial charge < -0.3 is 5.11 Å². The molecule has 0 saturated carbocycles. The molecule has 3 atom stereocenters. The molecule has 170 valence electrons. The minimum absolute atomic E-state index is 0.186. The Morgan fingerprint density at radius 1 is 1.09 bits per heavy atom. The molecular formula is C24H22Cl2F3NO2. The van der Waals surface area contributed by atoms with E-state index >= 15 is 0 Å². The fourth-order valence-corrected chi connectivity index (χ4v) is 4.43. The summed E-state index contributed by atoms with van der Waals surface area (Å²) in [6.07, 6.45) is -4.06. The maximum Gasteiger partial charge on any atom is 0.396 e. The van der Waals surface area contributed by atoms with Gasteiger partial charge in [-0.3, -0.25) is 4.79 Å². The summed E-state index contributed by atoms with van der Waals surface area (Å²) < 4.78 is 41.7. The van der Waals surface area contributed by atoms with Crippen LogP contribution in [0.25, 0.3) is 0 Å². The Hall–Kier alpha value is -2.49. The number of aliphatic carboxylic acids is 1. The van der Waals surface area contributed by atoms with Crippen molar-refractivity contribution in [3.8, 4) is 6.07 Å². The lowest BCUT2D eigenvalue weighted by Crippen LogP contribution is -2.52. The predicted molar refractivity (Wildman–Crippen MR) is 118 cm³/mol. The Kier molecular flexibility index (Phi) is 8.39. The molecule has 2 aromatic rings. The first kappa shape index (κ1) is 25.8. The molecule has 0 bridgehead atoms. The van der Waals surface area contributed by atoms with Crippen LogP contribution in [0.1, 0.15) is 36.5 Å². The van der Waals surface area contributed by atoms with Crippen LogP contribution >= 0.6 is 23.2 Å². The molecular weight excluding hydrogens is 462 g/mol. The molecule has 8 heteroatoms. The van der Waals surface area contributed by atoms with E-state index in [1.807, 2.05) is 36.4 Å². The number of rotatable bonds is 8. The van der Waals surface area contributed by atoms with Gasteiger partial charge in [-0.25, -0.2) is 0 Å². The number of benzene rings is 2. The Balaban J connectivity index is 2.70. The van der Waals surface area contributed by atoms with Crippen molar-refractivity contribution in [1.82, 2.24) is 0 Å². The molecule has 0 aliphatic heterocycles. The molecule has 0 amide bonds. The first-order valence-corrected chi connectivity index (χ1v) is 10.6. The van der Waals surface area contributed by atoms with Gasteiger partial charge in [0, 0.05) is 0 Å². The third-order valence-electron chi connectivity index (χ3n) is 5.63. The van der Waals surface area contributed by atoms with E-state index in [2.05, 4.69) is 0 Å². The van der Waals surface area contributed by atoms with E-state index in [4.69, 9.17) is 23.2 Å². The summed E-state index contributed by atoms with van der Waals surface area (Å²) in [5.74, 6) is -7.04. The predicted octanol–water partition coefficient (Wildman–Crippen LogP) is 7.11. The standard InChI is InChI=1S/C24H22Cl2F3NO2/c1-15(2)23(22(31)32,20(13-21(25)26)24(27,28)29)19(14-30)18-10-6-9-17(12-18)11-16-7-4-3-5-8-16/h3-10,12-13,15,19-20H,11H2,1-2H3,(H,31,32). The maximum absolute atomic E-state index is 14.1. The second-order valence-corrected chi connectivity index (χ2v) is 8.85. The number of carboxylic acids is 1. The molecule has 0 aliphatic rings. The molecule has 0 aliphatic carbocycles. The molecule has 32 heavy (non-hydrogen) atoms. The minimum Gasteiger partial charge on any atom is -0.481 e. The lowest BCUT2D eigenvalue weighted by molar-refractivity contribution is -0.211. The highest BCUT2D eigenvalue weighted by molar-refractivity contribution is 6.55. The number of hydrogen-bond donors (Lipinski definition) is 1. The van der Waals surface area contributed by atoms with E-state index in [0.717, 1.165) is 11.1 Å². The summed E-state index contributed by atoms with van der Waals surface area (Å²) >= 11 is 11.1. The van der Waals surface area contributed by atoms with Crippen LogP contribution in [-0.4, -0.2) is 17.3 Å². The number of nitrogens with zero attached hydrogens (tertiary/aromatic N) is 1. The van der Waals surface area contributed by atoms with Crippen molar-refractivity contribution in [2.24, 2.45) is 17.3 Å². The molecule has 0 heterocycles. The van der Waals surface area contributed by atoms with Crippen molar-refractivity contribution < 1.29 is 23.1 Å². The average molecular weight is 484 g/mol. The number of hydrogen-bond acceptors (Lipinski definition) is 2. The molecule has 2 rings (SSSR count). The van der Waals surface area contributed by atoms with Crippen LogP contribution < -0.4 is 0 Å². The number of carbonyl (C=O) groups is 1. The van der Waals surface area contributed by atoms with Crippen LogP contribution in [0.4, 0.5) is 13.2 Å². The summed E-state index contributed by atoms with van der Waals surface area (Å²) in [6.45, 7) is 2.70. The van der Waals surface area contributed by atoms with Crippen molar-refractivity contribution in [2.45, 2.75) is 32.4 Å². The number of nitriles is 1. The van der Waals surface area contributed by atoms with Crippen LogP contribution in [0.5, 0.6) is 0 Å². The van der Waals surface area contributed by atoms with Gasteiger partial charge in [0.05, 0.1) is 17.9 Å². The lowest BCUT2D eigenvalue weighted by Gasteiger charge is -2.43. The van der Waals surface area contributed by atoms with Crippen molar-refractivity contribution in [2.75, 3.05) is 0 Å². The van der Waals surface area contributed by atoms with Crippen LogP contribution in [-0.2, 0) is 11.2 Å². The third-order valence-corrected chi connectivity index (χ3v) is 5.88. The van der Waals surface area contributed by atoms with Gasteiger partial charge in [-0.1, -0.05) is 91.6 Å². The Bertz CT molecular complexity index is 1010. The molecule has 0 spiro atoms. The quantitative estimate of drug-likeness (QED) is 0.435. The Morgan fingerprint density at radius 2 is 1.69 bits per heavy atom. The van der Waals surface area contributed by atoms with Crippen LogP contribution in [0.3, 0.4) is 0 Å². The van der Waals surface area contributed by atoms with Crippen molar-refractivity contribution in [3.63, 3.8) is 0 Å². The van der Waals surface area contributed by atoms with Crippen LogP contribution in [0.2, 0.25) is 0 Å². The van der Waals surface area contributed by atoms with Crippen LogP contribution in [0, 0.1) is 28.6 Å². The van der Waals surface area contributed by atoms with Crippen molar-refractivity contribution >= 4 is 29.2 Å². The zero-order valence-electron chi connectivity index (χ0n) is 17.4. The smallest absolute Gasteiger partial charge is 0.396 e. The van der Waals surface area contributed by atoms with Gasteiger partial charge in [0.2, 0.25) is 0 Å². The first-order valence-electron chi connectivity index (χ1n) is 9.79. The van der Waals surface area contributed by atoms with Crippen molar-refractivity contribution in [3.05, 3.63) is 81.9 Å². The third kappa shape index (κ3) is 5.46. The van der Waals surface area contributed by atoms with Gasteiger partial charge in [0.1, 0.15) is 9.91 Å². The Labute approximate surface area is 195 Å². The van der Waals surface area contributed by atoms with E-state index in [-0.39, 0.29) is 5.56 Å². The van der Waals surface area contributed by atoms with Gasteiger partial charge in [-0.05, 0) is 35.1 Å². The zero-order valence-corrected chi connectivity index (χ0v) is 18.9. The van der Waals surface area contributed by atoms with E-state index in [0.29, 0.717) is 12.5 Å². The van der Waals surface area contributed by atoms with Gasteiger partial charge in [-0.15, -0.1) is 0 Å². The van der Waals surface area contributed by atoms with E-state index in [1.54, 1.807) is 18.2 Å². The summed E-state index contributed by atoms with van der Waals surface area (Å²) in [5, 5.41) is 20.1. The molecule has 0 saturated heterocycles. The summed E-state index contributed by atoms with van der Waals surface area (Å²) in [5.41, 5.74) is -0.665. The second-order valence-electron chi connectivity index (χ2n) is 7.84. The maximum atomic E-state index is 14.1. The number of carboxylic acid groups (broad SMARTS) is 1. The molecule has 2 aromatic carbocycles. The molecule has 0 radical (unpaired) electrons. The second kappa shape index (κ2) is 10.4. The van der Waals surface area contributed by atoms with Gasteiger partial charge in [-0.2, -0.15) is 18.4 Å². The minimum atomic E-state index is -5.01. The normalized spacial score (nSPS) is 15.3. The molecule has 1 N–H and O–H groups in total. The average Bonchev–Trinajstić information content (AvgIpc) is 2.70. The number of allylic oxidation sites excluding steroid dienone is 1. The topological polar surface area (TPSA) is 61.1 Å². The van der Waals surface area contributed by atoms with E-state index in [1.165, 1.54) is 19.9 Å². The largest absolute Gasteiger partial charge is 0.481 e. The summed E-state index contributed by atoms with van der Waals surface area (Å²) in [4.78, 5) is 12.5. The molecule has 3 unspecified atom stereocenters. The SMILES string of the molecule is CC(C)C(C(=O)O)(C(C#N)c1cccc(Cc2ccccc2)c1)C(C=C(Cl)Cl)C(F)(F)F. The first-order chi connectivity index (χ1) is 14.9. The lowest BCUT2D eigenvalue weighted by atomic mass is 9.58. The zero-order chi connectivity index (χ0) is 24.1. The van der Waals surface area contributed by atoms with Gasteiger partial charge in [0.15, 0.2) is 0 Å². The van der Waals surface area contributed by atoms with Crippen LogP contribution in [0.15, 0.2) is 65.2 Å². The number of halogens is 5. The molecule has 0 aromatic heterocycles. The fourth-order valence-electron chi connectivity index (χ4n) is 4.18. The van der Waals surface area contributed by atoms with Crippen molar-refractivity contribution in [1.29, 1.82) is 5.26 Å². The van der Waals surface area contributed by atoms with Gasteiger partial charge in [0.25, 0.3) is 0 Å². The summed E-state index contributed by atoms with van der Waals surface area (Å²) in [6, 6.07) is 17.7. The highest BCUT2D eigenvalue weighted by atomic mass is 35.5. The van der Waals surface area contributed by atoms with Gasteiger partial charge >= 0.3 is 12.1 Å². The molecule has 0 fully saturated rings. The highest BCUT2D eigenvalue weighted by Crippen LogP contribution is 2.54. The highest BCUT2D eigenvalue weighted by Gasteiger charge is 2.63.